The maximum Gasteiger partial charge on any atom is 0.304 e. The molecule has 78 valence electrons. The van der Waals surface area contributed by atoms with Crippen molar-refractivity contribution in [1.29, 1.82) is 0 Å². The number of piperidine rings is 1. The van der Waals surface area contributed by atoms with E-state index < -0.39 is 5.97 Å². The topological polar surface area (TPSA) is 40.5 Å². The third-order valence-corrected chi connectivity index (χ3v) is 2.34. The first-order valence-electron chi connectivity index (χ1n) is 5.19. The third-order valence-electron chi connectivity index (χ3n) is 2.34. The molecule has 0 spiro atoms. The van der Waals surface area contributed by atoms with Crippen LogP contribution in [0.2, 0.25) is 0 Å². The molecule has 0 bridgehead atoms. The van der Waals surface area contributed by atoms with Gasteiger partial charge in [0.15, 0.2) is 0 Å². The molecule has 1 saturated heterocycles. The fourth-order valence-electron chi connectivity index (χ4n) is 1.54. The Hall–Kier alpha value is -1.01. The summed E-state index contributed by atoms with van der Waals surface area (Å²) in [7, 11) is 0. The van der Waals surface area contributed by atoms with Crippen molar-refractivity contribution < 1.29 is 9.90 Å². The van der Waals surface area contributed by atoms with E-state index in [9.17, 15) is 4.79 Å². The van der Waals surface area contributed by atoms with Crippen LogP contribution < -0.4 is 0 Å². The Morgan fingerprint density at radius 1 is 1.21 bits per heavy atom. The number of hydrogen-bond donors (Lipinski definition) is 1. The van der Waals surface area contributed by atoms with E-state index in [0.717, 1.165) is 19.6 Å². The minimum Gasteiger partial charge on any atom is -0.481 e. The van der Waals surface area contributed by atoms with Gasteiger partial charge in [0.25, 0.3) is 0 Å². The van der Waals surface area contributed by atoms with E-state index in [1.165, 1.54) is 19.3 Å². The average molecular weight is 195 g/mol. The molecule has 0 atom stereocenters. The Balaban J connectivity index is 2.08. The summed E-state index contributed by atoms with van der Waals surface area (Å²) in [5.41, 5.74) is 0. The average Bonchev–Trinajstić information content (AvgIpc) is 2.18. The predicted octanol–water partition coefficient (Wildman–Crippen LogP) is 1.34. The van der Waals surface area contributed by atoms with E-state index in [2.05, 4.69) is 16.7 Å². The van der Waals surface area contributed by atoms with Gasteiger partial charge < -0.3 is 5.11 Å². The van der Waals surface area contributed by atoms with Crippen molar-refractivity contribution in [2.45, 2.75) is 32.1 Å². The highest BCUT2D eigenvalue weighted by Gasteiger charge is 2.07. The van der Waals surface area contributed by atoms with Crippen LogP contribution in [-0.2, 0) is 4.79 Å². The lowest BCUT2D eigenvalue weighted by atomic mass is 10.1. The lowest BCUT2D eigenvalue weighted by molar-refractivity contribution is -0.136. The monoisotopic (exact) mass is 195 g/mol. The molecule has 0 aromatic rings. The molecule has 0 aliphatic carbocycles. The standard InChI is InChI=1S/C11H17NO2/c13-11(14)7-3-1-4-8-12-9-5-2-6-10-12/h2-3,5-10H2,(H,13,14). The van der Waals surface area contributed by atoms with Crippen molar-refractivity contribution in [1.82, 2.24) is 4.90 Å². The van der Waals surface area contributed by atoms with Gasteiger partial charge in [-0.1, -0.05) is 12.3 Å². The summed E-state index contributed by atoms with van der Waals surface area (Å²) in [6.07, 6.45) is 4.52. The highest BCUT2D eigenvalue weighted by atomic mass is 16.4. The molecule has 1 rings (SSSR count). The number of rotatable bonds is 3. The van der Waals surface area contributed by atoms with E-state index in [4.69, 9.17) is 5.11 Å². The van der Waals surface area contributed by atoms with Crippen LogP contribution in [0.5, 0.6) is 0 Å². The van der Waals surface area contributed by atoms with Crippen LogP contribution in [0.1, 0.15) is 32.1 Å². The summed E-state index contributed by atoms with van der Waals surface area (Å²) in [6, 6.07) is 0. The van der Waals surface area contributed by atoms with Crippen LogP contribution in [-0.4, -0.2) is 35.6 Å². The molecule has 3 nitrogen and oxygen atoms in total. The number of carboxylic acids is 1. The largest absolute Gasteiger partial charge is 0.481 e. The van der Waals surface area contributed by atoms with Crippen molar-refractivity contribution in [3.63, 3.8) is 0 Å². The molecule has 1 aliphatic rings. The van der Waals surface area contributed by atoms with Crippen molar-refractivity contribution in [2.75, 3.05) is 19.6 Å². The van der Waals surface area contributed by atoms with E-state index >= 15 is 0 Å². The second-order valence-electron chi connectivity index (χ2n) is 3.58. The molecule has 0 saturated carbocycles. The van der Waals surface area contributed by atoms with E-state index in [1.54, 1.807) is 0 Å². The molecule has 1 fully saturated rings. The van der Waals surface area contributed by atoms with Crippen molar-refractivity contribution in [2.24, 2.45) is 0 Å². The Kier molecular flexibility index (Phi) is 5.09. The van der Waals surface area contributed by atoms with Gasteiger partial charge in [-0.25, -0.2) is 0 Å². The van der Waals surface area contributed by atoms with Gasteiger partial charge in [-0.2, -0.15) is 0 Å². The van der Waals surface area contributed by atoms with Gasteiger partial charge in [0.1, 0.15) is 0 Å². The lowest BCUT2D eigenvalue weighted by Crippen LogP contribution is -2.29. The minimum absolute atomic E-state index is 0.160. The van der Waals surface area contributed by atoms with Crippen molar-refractivity contribution >= 4 is 5.97 Å². The fraction of sp³-hybridized carbons (Fsp3) is 0.727. The molecule has 0 unspecified atom stereocenters. The van der Waals surface area contributed by atoms with E-state index in [0.29, 0.717) is 6.42 Å². The normalized spacial score (nSPS) is 17.1. The maximum absolute atomic E-state index is 10.2. The van der Waals surface area contributed by atoms with Crippen LogP contribution in [0.15, 0.2) is 0 Å². The summed E-state index contributed by atoms with van der Waals surface area (Å²) >= 11 is 0. The highest BCUT2D eigenvalue weighted by molar-refractivity contribution is 5.66. The highest BCUT2D eigenvalue weighted by Crippen LogP contribution is 2.07. The van der Waals surface area contributed by atoms with Gasteiger partial charge in [0.2, 0.25) is 0 Å². The summed E-state index contributed by atoms with van der Waals surface area (Å²) in [6.45, 7) is 3.10. The number of hydrogen-bond acceptors (Lipinski definition) is 2. The summed E-state index contributed by atoms with van der Waals surface area (Å²) < 4.78 is 0. The molecule has 0 aromatic carbocycles. The second-order valence-corrected chi connectivity index (χ2v) is 3.58. The molecular formula is C11H17NO2. The van der Waals surface area contributed by atoms with Crippen LogP contribution in [0, 0.1) is 11.8 Å². The zero-order valence-electron chi connectivity index (χ0n) is 8.46. The quantitative estimate of drug-likeness (QED) is 0.691. The third kappa shape index (κ3) is 4.88. The lowest BCUT2D eigenvalue weighted by Gasteiger charge is -2.23. The van der Waals surface area contributed by atoms with Gasteiger partial charge in [0.05, 0.1) is 13.0 Å². The Bertz CT molecular complexity index is 233. The van der Waals surface area contributed by atoms with Gasteiger partial charge in [0, 0.05) is 6.42 Å². The minimum atomic E-state index is -0.766. The fourth-order valence-corrected chi connectivity index (χ4v) is 1.54. The molecule has 1 heterocycles. The Morgan fingerprint density at radius 3 is 2.57 bits per heavy atom. The Morgan fingerprint density at radius 2 is 1.93 bits per heavy atom. The number of nitrogens with zero attached hydrogens (tertiary/aromatic N) is 1. The zero-order valence-corrected chi connectivity index (χ0v) is 8.46. The molecule has 0 aromatic heterocycles. The summed E-state index contributed by atoms with van der Waals surface area (Å²) in [5, 5.41) is 8.38. The first kappa shape index (κ1) is 11.1. The maximum atomic E-state index is 10.2. The molecule has 14 heavy (non-hydrogen) atoms. The van der Waals surface area contributed by atoms with Crippen molar-refractivity contribution in [3.8, 4) is 11.8 Å². The summed E-state index contributed by atoms with van der Waals surface area (Å²) in [4.78, 5) is 12.5. The van der Waals surface area contributed by atoms with Crippen LogP contribution in [0.4, 0.5) is 0 Å². The number of aliphatic carboxylic acids is 1. The summed E-state index contributed by atoms with van der Waals surface area (Å²) in [5.74, 6) is 5.15. The molecule has 1 N–H and O–H groups in total. The molecule has 0 amide bonds. The molecule has 1 aliphatic heterocycles. The zero-order chi connectivity index (χ0) is 10.2. The van der Waals surface area contributed by atoms with E-state index in [1.807, 2.05) is 0 Å². The van der Waals surface area contributed by atoms with Crippen LogP contribution in [0.3, 0.4) is 0 Å². The van der Waals surface area contributed by atoms with Crippen LogP contribution in [0.25, 0.3) is 0 Å². The van der Waals surface area contributed by atoms with Crippen molar-refractivity contribution in [3.05, 3.63) is 0 Å². The SMILES string of the molecule is O=C(O)CCC#CCN1CCCCC1. The Labute approximate surface area is 85.1 Å². The number of carbonyl (C=O) groups is 1. The van der Waals surface area contributed by atoms with Crippen LogP contribution >= 0.6 is 0 Å². The first-order chi connectivity index (χ1) is 6.79. The predicted molar refractivity (Wildman–Crippen MR) is 54.9 cm³/mol. The second kappa shape index (κ2) is 6.44. The molecule has 0 radical (unpaired) electrons. The number of likely N-dealkylation sites (tertiary alicyclic amines) is 1. The molecular weight excluding hydrogens is 178 g/mol. The van der Waals surface area contributed by atoms with Gasteiger partial charge in [-0.05, 0) is 25.9 Å². The van der Waals surface area contributed by atoms with Gasteiger partial charge in [-0.15, -0.1) is 5.92 Å². The number of carboxylic acid groups (broad SMARTS) is 1. The van der Waals surface area contributed by atoms with Gasteiger partial charge in [-0.3, -0.25) is 9.69 Å². The van der Waals surface area contributed by atoms with Gasteiger partial charge >= 0.3 is 5.97 Å². The van der Waals surface area contributed by atoms with E-state index in [-0.39, 0.29) is 6.42 Å². The molecule has 3 heteroatoms. The smallest absolute Gasteiger partial charge is 0.304 e. The first-order valence-corrected chi connectivity index (χ1v) is 5.19.